The predicted octanol–water partition coefficient (Wildman–Crippen LogP) is 1.98. The summed E-state index contributed by atoms with van der Waals surface area (Å²) in [6, 6.07) is 9.22. The number of fused-ring (bicyclic) bond motifs is 3. The first-order valence-corrected chi connectivity index (χ1v) is 6.69. The Bertz CT molecular complexity index is 794. The minimum absolute atomic E-state index is 0.229. The lowest BCUT2D eigenvalue weighted by molar-refractivity contribution is 0.477. The second kappa shape index (κ2) is 4.31. The van der Waals surface area contributed by atoms with Gasteiger partial charge in [0.25, 0.3) is 0 Å². The average Bonchev–Trinajstić information content (AvgIpc) is 2.85. The number of H-pyrrole nitrogens is 1. The zero-order chi connectivity index (χ0) is 13.5. The molecule has 0 bridgehead atoms. The van der Waals surface area contributed by atoms with Gasteiger partial charge in [0, 0.05) is 23.2 Å². The Morgan fingerprint density at radius 3 is 2.95 bits per heavy atom. The van der Waals surface area contributed by atoms with Crippen molar-refractivity contribution < 1.29 is 5.11 Å². The Hall–Kier alpha value is -2.40. The minimum Gasteiger partial charge on any atom is -0.507 e. The van der Waals surface area contributed by atoms with Gasteiger partial charge in [-0.3, -0.25) is 0 Å². The number of para-hydroxylation sites is 1. The number of phenols is 1. The van der Waals surface area contributed by atoms with Crippen molar-refractivity contribution in [3.8, 4) is 17.0 Å². The van der Waals surface area contributed by atoms with E-state index in [4.69, 9.17) is 0 Å². The first kappa shape index (κ1) is 11.4. The van der Waals surface area contributed by atoms with Gasteiger partial charge in [-0.05, 0) is 36.7 Å². The van der Waals surface area contributed by atoms with Crippen molar-refractivity contribution in [3.05, 3.63) is 41.6 Å². The van der Waals surface area contributed by atoms with E-state index in [1.807, 2.05) is 18.2 Å². The second-order valence-electron chi connectivity index (χ2n) is 5.02. The summed E-state index contributed by atoms with van der Waals surface area (Å²) < 4.78 is 0. The fraction of sp³-hybridized carbons (Fsp3) is 0.200. The maximum Gasteiger partial charge on any atom is 0.160 e. The van der Waals surface area contributed by atoms with Gasteiger partial charge in [-0.1, -0.05) is 12.1 Å². The molecule has 2 aromatic heterocycles. The lowest BCUT2D eigenvalue weighted by Crippen LogP contribution is -2.22. The summed E-state index contributed by atoms with van der Waals surface area (Å²) >= 11 is 0. The molecule has 3 N–H and O–H groups in total. The van der Waals surface area contributed by atoms with Crippen molar-refractivity contribution in [2.75, 3.05) is 6.54 Å². The van der Waals surface area contributed by atoms with Gasteiger partial charge in [0.05, 0.1) is 5.69 Å². The van der Waals surface area contributed by atoms with E-state index < -0.39 is 0 Å². The fourth-order valence-electron chi connectivity index (χ4n) is 2.78. The molecular weight excluding hydrogens is 252 g/mol. The number of hydrogen-bond donors (Lipinski definition) is 3. The zero-order valence-electron chi connectivity index (χ0n) is 10.8. The summed E-state index contributed by atoms with van der Waals surface area (Å²) in [5.74, 6) is 0.229. The molecule has 1 aliphatic heterocycles. The van der Waals surface area contributed by atoms with Crippen LogP contribution in [-0.4, -0.2) is 26.8 Å². The molecule has 1 aliphatic rings. The molecule has 0 atom stereocenters. The van der Waals surface area contributed by atoms with Crippen LogP contribution < -0.4 is 5.32 Å². The highest BCUT2D eigenvalue weighted by Gasteiger charge is 2.17. The van der Waals surface area contributed by atoms with Gasteiger partial charge in [-0.15, -0.1) is 10.2 Å². The molecular formula is C15H14N4O. The molecule has 1 aromatic carbocycles. The van der Waals surface area contributed by atoms with Crippen molar-refractivity contribution in [2.24, 2.45) is 0 Å². The normalized spacial score (nSPS) is 14.4. The molecule has 5 nitrogen and oxygen atoms in total. The van der Waals surface area contributed by atoms with Gasteiger partial charge in [0.2, 0.25) is 0 Å². The van der Waals surface area contributed by atoms with E-state index >= 15 is 0 Å². The van der Waals surface area contributed by atoms with E-state index in [2.05, 4.69) is 20.5 Å². The number of nitrogens with zero attached hydrogens (tertiary/aromatic N) is 2. The molecule has 3 heterocycles. The van der Waals surface area contributed by atoms with Gasteiger partial charge in [0.15, 0.2) is 5.65 Å². The van der Waals surface area contributed by atoms with Crippen LogP contribution in [0, 0.1) is 0 Å². The van der Waals surface area contributed by atoms with Crippen LogP contribution in [0.15, 0.2) is 30.3 Å². The summed E-state index contributed by atoms with van der Waals surface area (Å²) in [4.78, 5) is 3.31. The van der Waals surface area contributed by atoms with Crippen LogP contribution in [0.4, 0.5) is 0 Å². The summed E-state index contributed by atoms with van der Waals surface area (Å²) in [7, 11) is 0. The van der Waals surface area contributed by atoms with E-state index in [9.17, 15) is 5.11 Å². The molecule has 0 unspecified atom stereocenters. The number of rotatable bonds is 1. The average molecular weight is 266 g/mol. The number of nitrogens with one attached hydrogen (secondary N) is 2. The number of benzene rings is 1. The topological polar surface area (TPSA) is 73.8 Å². The van der Waals surface area contributed by atoms with Crippen LogP contribution in [0.1, 0.15) is 11.3 Å². The molecule has 0 saturated heterocycles. The molecule has 0 aliphatic carbocycles. The predicted molar refractivity (Wildman–Crippen MR) is 76.4 cm³/mol. The van der Waals surface area contributed by atoms with Crippen molar-refractivity contribution >= 4 is 11.0 Å². The molecule has 20 heavy (non-hydrogen) atoms. The van der Waals surface area contributed by atoms with Gasteiger partial charge in [0.1, 0.15) is 5.75 Å². The minimum atomic E-state index is 0.229. The van der Waals surface area contributed by atoms with Gasteiger partial charge < -0.3 is 15.4 Å². The summed E-state index contributed by atoms with van der Waals surface area (Å²) in [6.07, 6.45) is 0.987. The molecule has 3 aromatic rings. The van der Waals surface area contributed by atoms with E-state index in [0.717, 1.165) is 30.5 Å². The Morgan fingerprint density at radius 2 is 2.05 bits per heavy atom. The standard InChI is InChI=1S/C15H14N4O/c20-14-4-2-1-3-10(14)12-7-11-9-5-6-16-8-13(9)17-15(11)19-18-12/h1-4,7,16,20H,5-6,8H2,(H,17,19). The number of hydrogen-bond acceptors (Lipinski definition) is 4. The van der Waals surface area contributed by atoms with E-state index in [1.165, 1.54) is 11.3 Å². The molecule has 0 fully saturated rings. The van der Waals surface area contributed by atoms with Crippen molar-refractivity contribution in [2.45, 2.75) is 13.0 Å². The molecule has 0 saturated carbocycles. The number of aromatic amines is 1. The van der Waals surface area contributed by atoms with Crippen LogP contribution in [-0.2, 0) is 13.0 Å². The largest absolute Gasteiger partial charge is 0.507 e. The van der Waals surface area contributed by atoms with Crippen molar-refractivity contribution in [1.82, 2.24) is 20.5 Å². The third-order valence-corrected chi connectivity index (χ3v) is 3.79. The number of phenolic OH excluding ortho intramolecular Hbond substituents is 1. The third kappa shape index (κ3) is 1.67. The van der Waals surface area contributed by atoms with Crippen LogP contribution in [0.2, 0.25) is 0 Å². The van der Waals surface area contributed by atoms with Gasteiger partial charge in [-0.25, -0.2) is 0 Å². The van der Waals surface area contributed by atoms with Gasteiger partial charge in [-0.2, -0.15) is 0 Å². The van der Waals surface area contributed by atoms with Crippen molar-refractivity contribution in [1.29, 1.82) is 0 Å². The highest BCUT2D eigenvalue weighted by Crippen LogP contribution is 2.30. The van der Waals surface area contributed by atoms with Crippen LogP contribution in [0.3, 0.4) is 0 Å². The Morgan fingerprint density at radius 1 is 1.15 bits per heavy atom. The lowest BCUT2D eigenvalue weighted by Gasteiger charge is -2.12. The first-order chi connectivity index (χ1) is 9.83. The molecule has 100 valence electrons. The van der Waals surface area contributed by atoms with E-state index in [0.29, 0.717) is 11.3 Å². The summed E-state index contributed by atoms with van der Waals surface area (Å²) in [5, 5.41) is 22.9. The maximum absolute atomic E-state index is 9.94. The van der Waals surface area contributed by atoms with Crippen LogP contribution in [0.5, 0.6) is 5.75 Å². The molecule has 0 amide bonds. The van der Waals surface area contributed by atoms with Gasteiger partial charge >= 0.3 is 0 Å². The van der Waals surface area contributed by atoms with Crippen LogP contribution in [0.25, 0.3) is 22.3 Å². The molecule has 5 heteroatoms. The first-order valence-electron chi connectivity index (χ1n) is 6.69. The van der Waals surface area contributed by atoms with Crippen molar-refractivity contribution in [3.63, 3.8) is 0 Å². The molecule has 0 spiro atoms. The Balaban J connectivity index is 1.92. The maximum atomic E-state index is 9.94. The zero-order valence-corrected chi connectivity index (χ0v) is 10.8. The van der Waals surface area contributed by atoms with E-state index in [1.54, 1.807) is 12.1 Å². The molecule has 4 rings (SSSR count). The highest BCUT2D eigenvalue weighted by molar-refractivity contribution is 5.85. The number of aromatic hydroxyl groups is 1. The van der Waals surface area contributed by atoms with Crippen LogP contribution >= 0.6 is 0 Å². The summed E-state index contributed by atoms with van der Waals surface area (Å²) in [6.45, 7) is 1.83. The van der Waals surface area contributed by atoms with E-state index in [-0.39, 0.29) is 5.75 Å². The monoisotopic (exact) mass is 266 g/mol. The Kier molecular flexibility index (Phi) is 2.47. The summed E-state index contributed by atoms with van der Waals surface area (Å²) in [5.41, 5.74) is 4.74. The smallest absolute Gasteiger partial charge is 0.160 e. The molecule has 0 radical (unpaired) electrons. The lowest BCUT2D eigenvalue weighted by atomic mass is 10.0. The SMILES string of the molecule is Oc1ccccc1-c1cc2c3c([nH]c2nn1)CNCC3. The quantitative estimate of drug-likeness (QED) is 0.629. The Labute approximate surface area is 115 Å². The number of aromatic nitrogens is 3. The third-order valence-electron chi connectivity index (χ3n) is 3.79. The second-order valence-corrected chi connectivity index (χ2v) is 5.02. The highest BCUT2D eigenvalue weighted by atomic mass is 16.3. The fourth-order valence-corrected chi connectivity index (χ4v) is 2.78.